The third-order valence-electron chi connectivity index (χ3n) is 3.65. The minimum Gasteiger partial charge on any atom is -0.395 e. The van der Waals surface area contributed by atoms with Gasteiger partial charge in [0.1, 0.15) is 0 Å². The van der Waals surface area contributed by atoms with Crippen molar-refractivity contribution in [2.45, 2.75) is 6.92 Å². The molecule has 1 saturated heterocycles. The average molecular weight is 312 g/mol. The molecule has 2 N–H and O–H groups in total. The van der Waals surface area contributed by atoms with Crippen LogP contribution < -0.4 is 5.32 Å². The second-order valence-corrected chi connectivity index (χ2v) is 5.51. The van der Waals surface area contributed by atoms with Gasteiger partial charge in [0.2, 0.25) is 0 Å². The standard InChI is InChI=1S/C15H22ClN3O2/c1-2-17-14-4-3-12(16)11-13(14)15(21)19-7-5-18(6-8-19)9-10-20/h3-4,11,17,20H,2,5-10H2,1H3. The fraction of sp³-hybridized carbons (Fsp3) is 0.533. The second kappa shape index (κ2) is 7.64. The van der Waals surface area contributed by atoms with Crippen LogP contribution >= 0.6 is 11.6 Å². The lowest BCUT2D eigenvalue weighted by atomic mass is 10.1. The van der Waals surface area contributed by atoms with E-state index in [1.807, 2.05) is 17.9 Å². The quantitative estimate of drug-likeness (QED) is 0.866. The van der Waals surface area contributed by atoms with Gasteiger partial charge in [0.15, 0.2) is 0 Å². The molecule has 21 heavy (non-hydrogen) atoms. The molecule has 1 aliphatic heterocycles. The van der Waals surface area contributed by atoms with Crippen LogP contribution in [0.4, 0.5) is 5.69 Å². The van der Waals surface area contributed by atoms with Crippen molar-refractivity contribution in [2.24, 2.45) is 0 Å². The zero-order valence-corrected chi connectivity index (χ0v) is 13.1. The number of aliphatic hydroxyl groups is 1. The summed E-state index contributed by atoms with van der Waals surface area (Å²) in [6, 6.07) is 5.36. The molecule has 1 fully saturated rings. The molecule has 1 amide bonds. The molecule has 0 spiro atoms. The summed E-state index contributed by atoms with van der Waals surface area (Å²) in [5.74, 6) is 0.0112. The predicted octanol–water partition coefficient (Wildman–Crippen LogP) is 1.52. The van der Waals surface area contributed by atoms with Gasteiger partial charge in [-0.1, -0.05) is 11.6 Å². The Labute approximate surface area is 130 Å². The minimum atomic E-state index is 0.0112. The Morgan fingerprint density at radius 1 is 1.33 bits per heavy atom. The number of β-amino-alcohol motifs (C(OH)–C–C–N with tert-alkyl or cyclic N) is 1. The molecule has 1 aromatic rings. The van der Waals surface area contributed by atoms with Gasteiger partial charge < -0.3 is 15.3 Å². The molecule has 0 bridgehead atoms. The number of rotatable bonds is 5. The average Bonchev–Trinajstić information content (AvgIpc) is 2.50. The monoisotopic (exact) mass is 311 g/mol. The summed E-state index contributed by atoms with van der Waals surface area (Å²) >= 11 is 6.03. The van der Waals surface area contributed by atoms with Crippen LogP contribution in [0, 0.1) is 0 Å². The fourth-order valence-corrected chi connectivity index (χ4v) is 2.70. The molecule has 0 aromatic heterocycles. The first-order chi connectivity index (χ1) is 10.2. The largest absolute Gasteiger partial charge is 0.395 e. The Morgan fingerprint density at radius 2 is 2.05 bits per heavy atom. The first kappa shape index (κ1) is 16.1. The van der Waals surface area contributed by atoms with Crippen LogP contribution in [-0.4, -0.2) is 66.7 Å². The zero-order valence-electron chi connectivity index (χ0n) is 12.3. The fourth-order valence-electron chi connectivity index (χ4n) is 2.52. The van der Waals surface area contributed by atoms with E-state index in [1.54, 1.807) is 12.1 Å². The third-order valence-corrected chi connectivity index (χ3v) is 3.89. The van der Waals surface area contributed by atoms with E-state index in [-0.39, 0.29) is 12.5 Å². The smallest absolute Gasteiger partial charge is 0.256 e. The van der Waals surface area contributed by atoms with Gasteiger partial charge in [-0.2, -0.15) is 0 Å². The van der Waals surface area contributed by atoms with Gasteiger partial charge >= 0.3 is 0 Å². The van der Waals surface area contributed by atoms with Crippen molar-refractivity contribution in [3.8, 4) is 0 Å². The van der Waals surface area contributed by atoms with Crippen LogP contribution in [0.2, 0.25) is 5.02 Å². The van der Waals surface area contributed by atoms with Gasteiger partial charge in [-0.25, -0.2) is 0 Å². The summed E-state index contributed by atoms with van der Waals surface area (Å²) in [7, 11) is 0. The van der Waals surface area contributed by atoms with Gasteiger partial charge in [-0.15, -0.1) is 0 Å². The van der Waals surface area contributed by atoms with E-state index in [1.165, 1.54) is 0 Å². The van der Waals surface area contributed by atoms with Crippen LogP contribution in [0.5, 0.6) is 0 Å². The number of nitrogens with one attached hydrogen (secondary N) is 1. The third kappa shape index (κ3) is 4.09. The molecule has 1 aromatic carbocycles. The van der Waals surface area contributed by atoms with E-state index in [2.05, 4.69) is 10.2 Å². The molecule has 0 saturated carbocycles. The number of carbonyl (C=O) groups excluding carboxylic acids is 1. The topological polar surface area (TPSA) is 55.8 Å². The van der Waals surface area contributed by atoms with E-state index in [0.29, 0.717) is 30.2 Å². The number of halogens is 1. The Kier molecular flexibility index (Phi) is 5.85. The van der Waals surface area contributed by atoms with E-state index in [9.17, 15) is 4.79 Å². The Hall–Kier alpha value is -1.30. The highest BCUT2D eigenvalue weighted by atomic mass is 35.5. The molecule has 0 aliphatic carbocycles. The van der Waals surface area contributed by atoms with Crippen LogP contribution in [0.25, 0.3) is 0 Å². The number of hydrogen-bond acceptors (Lipinski definition) is 4. The number of piperazine rings is 1. The van der Waals surface area contributed by atoms with Crippen molar-refractivity contribution >= 4 is 23.2 Å². The van der Waals surface area contributed by atoms with Crippen LogP contribution in [-0.2, 0) is 0 Å². The molecule has 0 radical (unpaired) electrons. The maximum absolute atomic E-state index is 12.7. The number of nitrogens with zero attached hydrogens (tertiary/aromatic N) is 2. The van der Waals surface area contributed by atoms with Crippen LogP contribution in [0.1, 0.15) is 17.3 Å². The number of benzene rings is 1. The van der Waals surface area contributed by atoms with Gasteiger partial charge in [-0.3, -0.25) is 9.69 Å². The highest BCUT2D eigenvalue weighted by Crippen LogP contribution is 2.22. The summed E-state index contributed by atoms with van der Waals surface area (Å²) in [4.78, 5) is 16.7. The van der Waals surface area contributed by atoms with E-state index >= 15 is 0 Å². The SMILES string of the molecule is CCNc1ccc(Cl)cc1C(=O)N1CCN(CCO)CC1. The highest BCUT2D eigenvalue weighted by molar-refractivity contribution is 6.31. The lowest BCUT2D eigenvalue weighted by Gasteiger charge is -2.34. The Morgan fingerprint density at radius 3 is 2.67 bits per heavy atom. The number of anilines is 1. The zero-order chi connectivity index (χ0) is 15.2. The van der Waals surface area contributed by atoms with E-state index in [0.717, 1.165) is 25.3 Å². The number of aliphatic hydroxyl groups excluding tert-OH is 1. The summed E-state index contributed by atoms with van der Waals surface area (Å²) in [5, 5.41) is 12.7. The normalized spacial score (nSPS) is 16.0. The molecule has 2 rings (SSSR count). The first-order valence-corrected chi connectivity index (χ1v) is 7.69. The Balaban J connectivity index is 2.08. The first-order valence-electron chi connectivity index (χ1n) is 7.31. The van der Waals surface area contributed by atoms with E-state index < -0.39 is 0 Å². The van der Waals surface area contributed by atoms with Crippen molar-refractivity contribution in [1.29, 1.82) is 0 Å². The lowest BCUT2D eigenvalue weighted by molar-refractivity contribution is 0.0616. The maximum atomic E-state index is 12.7. The highest BCUT2D eigenvalue weighted by Gasteiger charge is 2.23. The molecule has 5 nitrogen and oxygen atoms in total. The molecule has 6 heteroatoms. The lowest BCUT2D eigenvalue weighted by Crippen LogP contribution is -2.49. The summed E-state index contributed by atoms with van der Waals surface area (Å²) in [6.45, 7) is 6.53. The molecule has 116 valence electrons. The number of hydrogen-bond donors (Lipinski definition) is 2. The molecule has 1 aliphatic rings. The van der Waals surface area contributed by atoms with Crippen molar-refractivity contribution in [1.82, 2.24) is 9.80 Å². The van der Waals surface area contributed by atoms with Crippen molar-refractivity contribution in [3.63, 3.8) is 0 Å². The Bertz CT molecular complexity index is 488. The maximum Gasteiger partial charge on any atom is 0.256 e. The van der Waals surface area contributed by atoms with E-state index in [4.69, 9.17) is 16.7 Å². The van der Waals surface area contributed by atoms with Crippen molar-refractivity contribution < 1.29 is 9.90 Å². The van der Waals surface area contributed by atoms with Gasteiger partial charge in [0.05, 0.1) is 12.2 Å². The summed E-state index contributed by atoms with van der Waals surface area (Å²) in [6.07, 6.45) is 0. The molecular weight excluding hydrogens is 290 g/mol. The van der Waals surface area contributed by atoms with Crippen LogP contribution in [0.3, 0.4) is 0 Å². The number of carbonyl (C=O) groups is 1. The van der Waals surface area contributed by atoms with Gasteiger partial charge in [0.25, 0.3) is 5.91 Å². The summed E-state index contributed by atoms with van der Waals surface area (Å²) < 4.78 is 0. The molecule has 1 heterocycles. The molecule has 0 unspecified atom stereocenters. The second-order valence-electron chi connectivity index (χ2n) is 5.08. The molecular formula is C15H22ClN3O2. The summed E-state index contributed by atoms with van der Waals surface area (Å²) in [5.41, 5.74) is 1.45. The number of amides is 1. The van der Waals surface area contributed by atoms with Crippen LogP contribution in [0.15, 0.2) is 18.2 Å². The van der Waals surface area contributed by atoms with Crippen molar-refractivity contribution in [2.75, 3.05) is 51.2 Å². The molecule has 0 atom stereocenters. The van der Waals surface area contributed by atoms with Crippen molar-refractivity contribution in [3.05, 3.63) is 28.8 Å². The predicted molar refractivity (Wildman–Crippen MR) is 85.0 cm³/mol. The van der Waals surface area contributed by atoms with Gasteiger partial charge in [-0.05, 0) is 25.1 Å². The van der Waals surface area contributed by atoms with Gasteiger partial charge in [0, 0.05) is 50.0 Å². The minimum absolute atomic E-state index is 0.0112.